The maximum absolute atomic E-state index is 5.60. The molecule has 0 unspecified atom stereocenters. The van der Waals surface area contributed by atoms with Gasteiger partial charge in [0.1, 0.15) is 11.6 Å². The standard InChI is InChI=1S/C10H16N4/c11-9-7-12-8-10(13-9)14-5-3-1-2-4-6-14/h7-8H,1-6H2,(H2,11,13). The Morgan fingerprint density at radius 1 is 1.07 bits per heavy atom. The van der Waals surface area contributed by atoms with Crippen molar-refractivity contribution in [3.05, 3.63) is 12.4 Å². The van der Waals surface area contributed by atoms with E-state index in [0.29, 0.717) is 5.82 Å². The molecular weight excluding hydrogens is 176 g/mol. The van der Waals surface area contributed by atoms with Crippen LogP contribution in [0.25, 0.3) is 0 Å². The molecular formula is C10H16N4. The first-order valence-corrected chi connectivity index (χ1v) is 5.19. The van der Waals surface area contributed by atoms with Gasteiger partial charge in [0, 0.05) is 13.1 Å². The lowest BCUT2D eigenvalue weighted by Gasteiger charge is -2.20. The van der Waals surface area contributed by atoms with Gasteiger partial charge in [-0.15, -0.1) is 0 Å². The number of hydrogen-bond acceptors (Lipinski definition) is 4. The first-order chi connectivity index (χ1) is 6.86. The predicted molar refractivity (Wildman–Crippen MR) is 57.1 cm³/mol. The molecule has 0 aliphatic carbocycles. The minimum absolute atomic E-state index is 0.506. The predicted octanol–water partition coefficient (Wildman–Crippen LogP) is 1.44. The van der Waals surface area contributed by atoms with Gasteiger partial charge in [0.05, 0.1) is 12.4 Å². The Bertz CT molecular complexity index is 292. The summed E-state index contributed by atoms with van der Waals surface area (Å²) in [5, 5.41) is 0. The Labute approximate surface area is 84.2 Å². The van der Waals surface area contributed by atoms with Gasteiger partial charge in [0.15, 0.2) is 0 Å². The van der Waals surface area contributed by atoms with Crippen molar-refractivity contribution in [2.45, 2.75) is 25.7 Å². The average molecular weight is 192 g/mol. The fraction of sp³-hybridized carbons (Fsp3) is 0.600. The molecule has 0 atom stereocenters. The second-order valence-corrected chi connectivity index (χ2v) is 3.70. The van der Waals surface area contributed by atoms with Crippen LogP contribution in [0.4, 0.5) is 11.6 Å². The molecule has 1 fully saturated rings. The summed E-state index contributed by atoms with van der Waals surface area (Å²) < 4.78 is 0. The van der Waals surface area contributed by atoms with E-state index in [1.807, 2.05) is 0 Å². The number of nitrogens with two attached hydrogens (primary N) is 1. The van der Waals surface area contributed by atoms with Crippen LogP contribution in [0.1, 0.15) is 25.7 Å². The lowest BCUT2D eigenvalue weighted by Crippen LogP contribution is -2.25. The fourth-order valence-electron chi connectivity index (χ4n) is 1.82. The van der Waals surface area contributed by atoms with Crippen LogP contribution in [0.15, 0.2) is 12.4 Å². The molecule has 2 N–H and O–H groups in total. The van der Waals surface area contributed by atoms with Crippen LogP contribution in [0.5, 0.6) is 0 Å². The molecule has 1 aromatic heterocycles. The molecule has 1 aliphatic rings. The lowest BCUT2D eigenvalue weighted by atomic mass is 10.2. The van der Waals surface area contributed by atoms with Gasteiger partial charge in [0.2, 0.25) is 0 Å². The van der Waals surface area contributed by atoms with Gasteiger partial charge in [0.25, 0.3) is 0 Å². The molecule has 0 radical (unpaired) electrons. The van der Waals surface area contributed by atoms with E-state index in [0.717, 1.165) is 18.9 Å². The Kier molecular flexibility index (Phi) is 2.81. The zero-order valence-corrected chi connectivity index (χ0v) is 8.32. The summed E-state index contributed by atoms with van der Waals surface area (Å²) in [7, 11) is 0. The van der Waals surface area contributed by atoms with Gasteiger partial charge in [-0.2, -0.15) is 0 Å². The molecule has 2 heterocycles. The van der Waals surface area contributed by atoms with Gasteiger partial charge < -0.3 is 10.6 Å². The maximum Gasteiger partial charge on any atom is 0.149 e. The first-order valence-electron chi connectivity index (χ1n) is 5.19. The van der Waals surface area contributed by atoms with Crippen molar-refractivity contribution in [3.8, 4) is 0 Å². The van der Waals surface area contributed by atoms with Gasteiger partial charge in [-0.1, -0.05) is 12.8 Å². The van der Waals surface area contributed by atoms with Crippen LogP contribution in [0.3, 0.4) is 0 Å². The average Bonchev–Trinajstić information content (AvgIpc) is 2.45. The third kappa shape index (κ3) is 2.13. The van der Waals surface area contributed by atoms with Crippen LogP contribution in [0, 0.1) is 0 Å². The second-order valence-electron chi connectivity index (χ2n) is 3.70. The van der Waals surface area contributed by atoms with Crippen LogP contribution < -0.4 is 10.6 Å². The van der Waals surface area contributed by atoms with Gasteiger partial charge in [-0.05, 0) is 12.8 Å². The molecule has 0 spiro atoms. The number of anilines is 2. The molecule has 2 rings (SSSR count). The van der Waals surface area contributed by atoms with Crippen molar-refractivity contribution in [3.63, 3.8) is 0 Å². The van der Waals surface area contributed by atoms with Crippen molar-refractivity contribution >= 4 is 11.6 Å². The third-order valence-corrected chi connectivity index (χ3v) is 2.57. The van der Waals surface area contributed by atoms with Crippen LogP contribution >= 0.6 is 0 Å². The fourth-order valence-corrected chi connectivity index (χ4v) is 1.82. The molecule has 4 heteroatoms. The molecule has 0 saturated carbocycles. The summed E-state index contributed by atoms with van der Waals surface area (Å²) in [6, 6.07) is 0. The summed E-state index contributed by atoms with van der Waals surface area (Å²) in [5.41, 5.74) is 5.60. The van der Waals surface area contributed by atoms with E-state index in [-0.39, 0.29) is 0 Å². The van der Waals surface area contributed by atoms with Crippen molar-refractivity contribution in [1.82, 2.24) is 9.97 Å². The number of nitrogen functional groups attached to an aromatic ring is 1. The van der Waals surface area contributed by atoms with Gasteiger partial charge in [-0.25, -0.2) is 4.98 Å². The SMILES string of the molecule is Nc1cncc(N2CCCCCC2)n1. The summed E-state index contributed by atoms with van der Waals surface area (Å²) in [5.74, 6) is 1.43. The maximum atomic E-state index is 5.60. The van der Waals surface area contributed by atoms with Crippen molar-refractivity contribution in [1.29, 1.82) is 0 Å². The summed E-state index contributed by atoms with van der Waals surface area (Å²) >= 11 is 0. The molecule has 14 heavy (non-hydrogen) atoms. The Balaban J connectivity index is 2.12. The monoisotopic (exact) mass is 192 g/mol. The molecule has 0 bridgehead atoms. The van der Waals surface area contributed by atoms with Crippen LogP contribution in [0.2, 0.25) is 0 Å². The minimum atomic E-state index is 0.506. The van der Waals surface area contributed by atoms with E-state index < -0.39 is 0 Å². The highest BCUT2D eigenvalue weighted by Crippen LogP contribution is 2.16. The zero-order chi connectivity index (χ0) is 9.80. The quantitative estimate of drug-likeness (QED) is 0.731. The van der Waals surface area contributed by atoms with E-state index >= 15 is 0 Å². The van der Waals surface area contributed by atoms with E-state index in [4.69, 9.17) is 5.73 Å². The first kappa shape index (κ1) is 9.24. The normalized spacial score (nSPS) is 17.9. The van der Waals surface area contributed by atoms with E-state index in [1.165, 1.54) is 25.7 Å². The number of rotatable bonds is 1. The van der Waals surface area contributed by atoms with E-state index in [2.05, 4.69) is 14.9 Å². The highest BCUT2D eigenvalue weighted by Gasteiger charge is 2.10. The second kappa shape index (κ2) is 4.26. The van der Waals surface area contributed by atoms with Crippen molar-refractivity contribution in [2.75, 3.05) is 23.7 Å². The number of aromatic nitrogens is 2. The Hall–Kier alpha value is -1.32. The smallest absolute Gasteiger partial charge is 0.149 e. The van der Waals surface area contributed by atoms with Gasteiger partial charge in [-0.3, -0.25) is 4.98 Å². The molecule has 76 valence electrons. The van der Waals surface area contributed by atoms with E-state index in [9.17, 15) is 0 Å². The summed E-state index contributed by atoms with van der Waals surface area (Å²) in [6.45, 7) is 2.16. The number of nitrogens with zero attached hydrogens (tertiary/aromatic N) is 3. The highest BCUT2D eigenvalue weighted by molar-refractivity contribution is 5.41. The summed E-state index contributed by atoms with van der Waals surface area (Å²) in [4.78, 5) is 10.6. The lowest BCUT2D eigenvalue weighted by molar-refractivity contribution is 0.726. The molecule has 1 saturated heterocycles. The third-order valence-electron chi connectivity index (χ3n) is 2.57. The van der Waals surface area contributed by atoms with Crippen molar-refractivity contribution < 1.29 is 0 Å². The topological polar surface area (TPSA) is 55.0 Å². The molecule has 4 nitrogen and oxygen atoms in total. The highest BCUT2D eigenvalue weighted by atomic mass is 15.2. The Morgan fingerprint density at radius 3 is 2.43 bits per heavy atom. The van der Waals surface area contributed by atoms with Crippen LogP contribution in [-0.4, -0.2) is 23.1 Å². The zero-order valence-electron chi connectivity index (χ0n) is 8.32. The minimum Gasteiger partial charge on any atom is -0.382 e. The largest absolute Gasteiger partial charge is 0.382 e. The Morgan fingerprint density at radius 2 is 1.79 bits per heavy atom. The number of hydrogen-bond donors (Lipinski definition) is 1. The van der Waals surface area contributed by atoms with Gasteiger partial charge >= 0.3 is 0 Å². The molecule has 0 aromatic carbocycles. The molecule has 0 amide bonds. The molecule has 1 aromatic rings. The van der Waals surface area contributed by atoms with Crippen LogP contribution in [-0.2, 0) is 0 Å². The van der Waals surface area contributed by atoms with Crippen molar-refractivity contribution in [2.24, 2.45) is 0 Å². The molecule has 1 aliphatic heterocycles. The summed E-state index contributed by atoms with van der Waals surface area (Å²) in [6.07, 6.45) is 8.52. The van der Waals surface area contributed by atoms with E-state index in [1.54, 1.807) is 12.4 Å².